The predicted octanol–water partition coefficient (Wildman–Crippen LogP) is 1.25. The van der Waals surface area contributed by atoms with Gasteiger partial charge in [0.15, 0.2) is 5.41 Å². The van der Waals surface area contributed by atoms with Crippen molar-refractivity contribution < 1.29 is 19.1 Å². The molecule has 0 aromatic rings. The van der Waals surface area contributed by atoms with Crippen molar-refractivity contribution in [1.29, 1.82) is 0 Å². The molecule has 0 amide bonds. The van der Waals surface area contributed by atoms with Crippen molar-refractivity contribution in [2.24, 2.45) is 5.41 Å². The summed E-state index contributed by atoms with van der Waals surface area (Å²) in [5, 5.41) is 0.490. The van der Waals surface area contributed by atoms with Crippen LogP contribution in [0, 0.1) is 5.41 Å². The predicted molar refractivity (Wildman–Crippen MR) is 56.5 cm³/mol. The molecule has 1 aliphatic carbocycles. The number of hydrogen-bond acceptors (Lipinski definition) is 4. The molecule has 80 valence electrons. The molecule has 1 atom stereocenters. The summed E-state index contributed by atoms with van der Waals surface area (Å²) in [6, 6.07) is 0. The average Bonchev–Trinajstić information content (AvgIpc) is 2.85. The molecule has 14 heavy (non-hydrogen) atoms. The van der Waals surface area contributed by atoms with E-state index >= 15 is 0 Å². The lowest BCUT2D eigenvalue weighted by Crippen LogP contribution is -2.35. The van der Waals surface area contributed by atoms with Crippen molar-refractivity contribution in [2.45, 2.75) is 10.7 Å². The molecule has 4 nitrogen and oxygen atoms in total. The Hall–Kier alpha value is -0.100. The Kier molecular flexibility index (Phi) is 3.26. The first-order valence-corrected chi connectivity index (χ1v) is 5.81. The fourth-order valence-electron chi connectivity index (χ4n) is 1.48. The Morgan fingerprint density at radius 3 is 1.93 bits per heavy atom. The van der Waals surface area contributed by atoms with E-state index in [0.29, 0.717) is 11.8 Å². The Bertz CT molecular complexity index is 263. The van der Waals surface area contributed by atoms with E-state index in [2.05, 4.69) is 41.3 Å². The van der Waals surface area contributed by atoms with E-state index in [-0.39, 0.29) is 0 Å². The van der Waals surface area contributed by atoms with Crippen LogP contribution in [0.1, 0.15) is 6.42 Å². The smallest absolute Gasteiger partial charge is 0.324 e. The molecule has 1 saturated carbocycles. The zero-order chi connectivity index (χ0) is 11.0. The van der Waals surface area contributed by atoms with Crippen molar-refractivity contribution in [1.82, 2.24) is 0 Å². The van der Waals surface area contributed by atoms with Crippen LogP contribution in [0.4, 0.5) is 0 Å². The van der Waals surface area contributed by atoms with Crippen LogP contribution in [0.15, 0.2) is 0 Å². The normalized spacial score (nSPS) is 28.0. The summed E-state index contributed by atoms with van der Waals surface area (Å²) in [6.45, 7) is 0. The number of carbonyl (C=O) groups is 2. The van der Waals surface area contributed by atoms with E-state index in [1.54, 1.807) is 0 Å². The van der Waals surface area contributed by atoms with E-state index < -0.39 is 21.7 Å². The number of alkyl halides is 2. The van der Waals surface area contributed by atoms with Gasteiger partial charge in [-0.05, 0) is 6.42 Å². The highest BCUT2D eigenvalue weighted by Crippen LogP contribution is 2.64. The third kappa shape index (κ3) is 1.39. The molecule has 1 aliphatic rings. The standard InChI is InChI=1S/C8H10Br2O4/c1-13-5(11)8(6(12)14-2)3-7(8,10)4-9/h3-4H2,1-2H3. The Morgan fingerprint density at radius 2 is 1.71 bits per heavy atom. The van der Waals surface area contributed by atoms with Crippen molar-refractivity contribution in [3.63, 3.8) is 0 Å². The van der Waals surface area contributed by atoms with Crippen LogP contribution < -0.4 is 0 Å². The molecule has 0 saturated heterocycles. The summed E-state index contributed by atoms with van der Waals surface area (Å²) in [7, 11) is 2.51. The second-order valence-electron chi connectivity index (χ2n) is 3.16. The Labute approximate surface area is 98.6 Å². The van der Waals surface area contributed by atoms with Crippen LogP contribution in [0.25, 0.3) is 0 Å². The maximum atomic E-state index is 11.5. The monoisotopic (exact) mass is 328 g/mol. The van der Waals surface area contributed by atoms with Gasteiger partial charge in [0.05, 0.1) is 18.5 Å². The average molecular weight is 330 g/mol. The number of halogens is 2. The Balaban J connectivity index is 2.97. The lowest BCUT2D eigenvalue weighted by molar-refractivity contribution is -0.161. The van der Waals surface area contributed by atoms with E-state index in [0.717, 1.165) is 0 Å². The van der Waals surface area contributed by atoms with Gasteiger partial charge in [-0.15, -0.1) is 0 Å². The number of carbonyl (C=O) groups excluding carboxylic acids is 2. The lowest BCUT2D eigenvalue weighted by Gasteiger charge is -2.15. The molecule has 0 aliphatic heterocycles. The molecule has 6 heteroatoms. The van der Waals surface area contributed by atoms with Gasteiger partial charge in [-0.2, -0.15) is 0 Å². The molecule has 0 heterocycles. The molecule has 0 N–H and O–H groups in total. The summed E-state index contributed by atoms with van der Waals surface area (Å²) in [5.41, 5.74) is -1.18. The van der Waals surface area contributed by atoms with Crippen LogP contribution in [0.5, 0.6) is 0 Å². The highest BCUT2D eigenvalue weighted by atomic mass is 79.9. The van der Waals surface area contributed by atoms with Gasteiger partial charge < -0.3 is 9.47 Å². The molecule has 1 fully saturated rings. The fraction of sp³-hybridized carbons (Fsp3) is 0.750. The fourth-order valence-corrected chi connectivity index (χ4v) is 2.90. The van der Waals surface area contributed by atoms with Crippen LogP contribution in [0.2, 0.25) is 0 Å². The van der Waals surface area contributed by atoms with E-state index in [1.807, 2.05) is 0 Å². The second-order valence-corrected chi connectivity index (χ2v) is 5.24. The topological polar surface area (TPSA) is 52.6 Å². The largest absolute Gasteiger partial charge is 0.468 e. The first-order chi connectivity index (χ1) is 6.48. The quantitative estimate of drug-likeness (QED) is 0.444. The van der Waals surface area contributed by atoms with Gasteiger partial charge in [-0.3, -0.25) is 9.59 Å². The van der Waals surface area contributed by atoms with Gasteiger partial charge in [0, 0.05) is 5.33 Å². The van der Waals surface area contributed by atoms with Gasteiger partial charge in [0.25, 0.3) is 0 Å². The van der Waals surface area contributed by atoms with Crippen molar-refractivity contribution in [3.05, 3.63) is 0 Å². The van der Waals surface area contributed by atoms with Gasteiger partial charge in [0.1, 0.15) is 0 Å². The molecule has 0 aromatic heterocycles. The number of hydrogen-bond donors (Lipinski definition) is 0. The number of rotatable bonds is 3. The van der Waals surface area contributed by atoms with Crippen molar-refractivity contribution in [2.75, 3.05) is 19.5 Å². The van der Waals surface area contributed by atoms with Gasteiger partial charge in [0.2, 0.25) is 0 Å². The van der Waals surface area contributed by atoms with Crippen LogP contribution >= 0.6 is 31.9 Å². The maximum Gasteiger partial charge on any atom is 0.324 e. The number of methoxy groups -OCH3 is 2. The van der Waals surface area contributed by atoms with Gasteiger partial charge >= 0.3 is 11.9 Å². The van der Waals surface area contributed by atoms with E-state index in [9.17, 15) is 9.59 Å². The van der Waals surface area contributed by atoms with Crippen molar-refractivity contribution >= 4 is 43.8 Å². The second kappa shape index (κ2) is 3.81. The molecule has 0 spiro atoms. The minimum atomic E-state index is -1.18. The highest BCUT2D eigenvalue weighted by Gasteiger charge is 2.77. The molecule has 0 aromatic carbocycles. The molecule has 0 radical (unpaired) electrons. The van der Waals surface area contributed by atoms with Crippen LogP contribution in [-0.2, 0) is 19.1 Å². The van der Waals surface area contributed by atoms with Gasteiger partial charge in [-0.25, -0.2) is 0 Å². The summed E-state index contributed by atoms with van der Waals surface area (Å²) in [6.07, 6.45) is 0.393. The summed E-state index contributed by atoms with van der Waals surface area (Å²) < 4.78 is 8.65. The molecular weight excluding hydrogens is 320 g/mol. The summed E-state index contributed by atoms with van der Waals surface area (Å²) in [5.74, 6) is -1.11. The SMILES string of the molecule is COC(=O)C1(C(=O)OC)CC1(Br)CBr. The van der Waals surface area contributed by atoms with Crippen LogP contribution in [0.3, 0.4) is 0 Å². The van der Waals surface area contributed by atoms with Gasteiger partial charge in [-0.1, -0.05) is 31.9 Å². The zero-order valence-corrected chi connectivity index (χ0v) is 11.0. The molecular formula is C8H10Br2O4. The lowest BCUT2D eigenvalue weighted by atomic mass is 10.1. The highest BCUT2D eigenvalue weighted by molar-refractivity contribution is 9.12. The van der Waals surface area contributed by atoms with E-state index in [1.165, 1.54) is 14.2 Å². The molecule has 1 rings (SSSR count). The number of esters is 2. The maximum absolute atomic E-state index is 11.5. The first-order valence-electron chi connectivity index (χ1n) is 3.90. The molecule has 1 unspecified atom stereocenters. The van der Waals surface area contributed by atoms with E-state index in [4.69, 9.17) is 0 Å². The van der Waals surface area contributed by atoms with Crippen LogP contribution in [-0.4, -0.2) is 35.8 Å². The van der Waals surface area contributed by atoms with Crippen molar-refractivity contribution in [3.8, 4) is 0 Å². The molecule has 0 bridgehead atoms. The summed E-state index contributed by atoms with van der Waals surface area (Å²) in [4.78, 5) is 23.0. The minimum Gasteiger partial charge on any atom is -0.468 e. The zero-order valence-electron chi connectivity index (χ0n) is 7.80. The summed E-state index contributed by atoms with van der Waals surface area (Å²) >= 11 is 6.59. The number of ether oxygens (including phenoxy) is 2. The third-order valence-electron chi connectivity index (χ3n) is 2.46. The first kappa shape index (κ1) is 12.0. The minimum absolute atomic E-state index is 0.393. The third-order valence-corrected chi connectivity index (χ3v) is 5.41. The Morgan fingerprint density at radius 1 is 1.29 bits per heavy atom.